The third-order valence-corrected chi connectivity index (χ3v) is 5.38. The lowest BCUT2D eigenvalue weighted by molar-refractivity contribution is -0.130. The van der Waals surface area contributed by atoms with Gasteiger partial charge in [-0.3, -0.25) is 9.59 Å². The summed E-state index contributed by atoms with van der Waals surface area (Å²) in [6, 6.07) is 14.7. The third kappa shape index (κ3) is 6.13. The van der Waals surface area contributed by atoms with Crippen LogP contribution in [0.2, 0.25) is 0 Å². The van der Waals surface area contributed by atoms with E-state index < -0.39 is 0 Å². The Morgan fingerprint density at radius 2 is 1.77 bits per heavy atom. The summed E-state index contributed by atoms with van der Waals surface area (Å²) >= 11 is 0. The van der Waals surface area contributed by atoms with Crippen LogP contribution in [0.5, 0.6) is 17.2 Å². The minimum absolute atomic E-state index is 0.0214. The molecule has 0 aliphatic carbocycles. The van der Waals surface area contributed by atoms with E-state index in [-0.39, 0.29) is 17.9 Å². The van der Waals surface area contributed by atoms with E-state index in [1.807, 2.05) is 35.2 Å². The second kappa shape index (κ2) is 10.7. The topological polar surface area (TPSA) is 68.3 Å². The summed E-state index contributed by atoms with van der Waals surface area (Å²) in [5.41, 5.74) is 0.527. The maximum atomic E-state index is 12.9. The summed E-state index contributed by atoms with van der Waals surface area (Å²) in [7, 11) is 3.33. The number of benzene rings is 2. The van der Waals surface area contributed by atoms with E-state index in [4.69, 9.17) is 14.2 Å². The summed E-state index contributed by atoms with van der Waals surface area (Å²) in [6.07, 6.45) is 1.47. The fourth-order valence-electron chi connectivity index (χ4n) is 3.51. The SMILES string of the molecule is COc1ccc(C(=O)N(C)CCOc2ccccc2)cc1OC1CCN(C(C)=O)CC1. The molecule has 0 atom stereocenters. The Morgan fingerprint density at radius 1 is 1.06 bits per heavy atom. The molecule has 7 heteroatoms. The summed E-state index contributed by atoms with van der Waals surface area (Å²) in [6.45, 7) is 3.79. The molecule has 0 aromatic heterocycles. The van der Waals surface area contributed by atoms with Gasteiger partial charge in [-0.2, -0.15) is 0 Å². The first-order valence-corrected chi connectivity index (χ1v) is 10.5. The van der Waals surface area contributed by atoms with E-state index in [2.05, 4.69) is 0 Å². The van der Waals surface area contributed by atoms with Crippen molar-refractivity contribution in [2.75, 3.05) is 40.4 Å². The van der Waals surface area contributed by atoms with E-state index in [0.717, 1.165) is 18.6 Å². The number of ether oxygens (including phenoxy) is 3. The molecule has 2 aromatic carbocycles. The second-order valence-corrected chi connectivity index (χ2v) is 7.58. The van der Waals surface area contributed by atoms with Crippen LogP contribution in [0.25, 0.3) is 0 Å². The van der Waals surface area contributed by atoms with Crippen molar-refractivity contribution in [3.63, 3.8) is 0 Å². The minimum Gasteiger partial charge on any atom is -0.493 e. The number of carbonyl (C=O) groups is 2. The summed E-state index contributed by atoms with van der Waals surface area (Å²) < 4.78 is 17.3. The molecule has 0 spiro atoms. The average Bonchev–Trinajstić information content (AvgIpc) is 2.79. The number of likely N-dealkylation sites (tertiary alicyclic amines) is 1. The number of methoxy groups -OCH3 is 1. The summed E-state index contributed by atoms with van der Waals surface area (Å²) in [4.78, 5) is 27.8. The molecule has 1 aliphatic rings. The van der Waals surface area contributed by atoms with E-state index in [9.17, 15) is 9.59 Å². The van der Waals surface area contributed by atoms with Crippen molar-refractivity contribution >= 4 is 11.8 Å². The minimum atomic E-state index is -0.115. The highest BCUT2D eigenvalue weighted by Gasteiger charge is 2.24. The van der Waals surface area contributed by atoms with Gasteiger partial charge in [0.15, 0.2) is 11.5 Å². The molecule has 1 saturated heterocycles. The van der Waals surface area contributed by atoms with Crippen LogP contribution < -0.4 is 14.2 Å². The molecular formula is C24H30N2O5. The maximum absolute atomic E-state index is 12.9. The van der Waals surface area contributed by atoms with Gasteiger partial charge in [-0.05, 0) is 30.3 Å². The Balaban J connectivity index is 1.59. The lowest BCUT2D eigenvalue weighted by Crippen LogP contribution is -2.40. The number of piperidine rings is 1. The second-order valence-electron chi connectivity index (χ2n) is 7.58. The maximum Gasteiger partial charge on any atom is 0.253 e. The molecule has 7 nitrogen and oxygen atoms in total. The number of hydrogen-bond acceptors (Lipinski definition) is 5. The van der Waals surface area contributed by atoms with Gasteiger partial charge in [-0.15, -0.1) is 0 Å². The number of rotatable bonds is 8. The van der Waals surface area contributed by atoms with Gasteiger partial charge in [0, 0.05) is 45.5 Å². The monoisotopic (exact) mass is 426 g/mol. The van der Waals surface area contributed by atoms with Crippen molar-refractivity contribution in [2.24, 2.45) is 0 Å². The normalized spacial score (nSPS) is 14.1. The molecule has 2 amide bonds. The molecule has 1 aliphatic heterocycles. The van der Waals surface area contributed by atoms with Gasteiger partial charge in [0.1, 0.15) is 18.5 Å². The smallest absolute Gasteiger partial charge is 0.253 e. The molecule has 3 rings (SSSR count). The summed E-state index contributed by atoms with van der Waals surface area (Å²) in [5.74, 6) is 1.88. The van der Waals surface area contributed by atoms with Crippen LogP contribution in [0.15, 0.2) is 48.5 Å². The molecule has 1 fully saturated rings. The van der Waals surface area contributed by atoms with Crippen molar-refractivity contribution in [3.05, 3.63) is 54.1 Å². The van der Waals surface area contributed by atoms with E-state index in [1.165, 1.54) is 0 Å². The Bertz CT molecular complexity index is 879. The van der Waals surface area contributed by atoms with Crippen LogP contribution in [0, 0.1) is 0 Å². The first kappa shape index (κ1) is 22.5. The van der Waals surface area contributed by atoms with Gasteiger partial charge in [0.05, 0.1) is 13.7 Å². The third-order valence-electron chi connectivity index (χ3n) is 5.38. The first-order chi connectivity index (χ1) is 15.0. The van der Waals surface area contributed by atoms with Crippen molar-refractivity contribution in [1.29, 1.82) is 0 Å². The first-order valence-electron chi connectivity index (χ1n) is 10.5. The molecule has 31 heavy (non-hydrogen) atoms. The van der Waals surface area contributed by atoms with Crippen molar-refractivity contribution < 1.29 is 23.8 Å². The molecule has 0 N–H and O–H groups in total. The van der Waals surface area contributed by atoms with Crippen molar-refractivity contribution in [1.82, 2.24) is 9.80 Å². The largest absolute Gasteiger partial charge is 0.493 e. The van der Waals surface area contributed by atoms with Crippen LogP contribution in [0.3, 0.4) is 0 Å². The molecule has 0 radical (unpaired) electrons. The van der Waals surface area contributed by atoms with E-state index >= 15 is 0 Å². The Hall–Kier alpha value is -3.22. The van der Waals surface area contributed by atoms with E-state index in [0.29, 0.717) is 43.3 Å². The predicted octanol–water partition coefficient (Wildman–Crippen LogP) is 3.24. The highest BCUT2D eigenvalue weighted by Crippen LogP contribution is 2.31. The van der Waals surface area contributed by atoms with Crippen molar-refractivity contribution in [2.45, 2.75) is 25.9 Å². The standard InChI is InChI=1S/C24H30N2O5/c1-18(27)26-13-11-21(12-14-26)31-23-17-19(9-10-22(23)29-3)24(28)25(2)15-16-30-20-7-5-4-6-8-20/h4-10,17,21H,11-16H2,1-3H3. The fourth-order valence-corrected chi connectivity index (χ4v) is 3.51. The van der Waals surface area contributed by atoms with Crippen molar-refractivity contribution in [3.8, 4) is 17.2 Å². The van der Waals surface area contributed by atoms with Crippen LogP contribution in [-0.4, -0.2) is 68.1 Å². The zero-order valence-corrected chi connectivity index (χ0v) is 18.4. The Morgan fingerprint density at radius 3 is 2.42 bits per heavy atom. The number of nitrogens with zero attached hydrogens (tertiary/aromatic N) is 2. The van der Waals surface area contributed by atoms with Gasteiger partial charge < -0.3 is 24.0 Å². The van der Waals surface area contributed by atoms with Crippen LogP contribution in [0.4, 0.5) is 0 Å². The summed E-state index contributed by atoms with van der Waals surface area (Å²) in [5, 5.41) is 0. The highest BCUT2D eigenvalue weighted by atomic mass is 16.5. The van der Waals surface area contributed by atoms with Crippen LogP contribution >= 0.6 is 0 Å². The van der Waals surface area contributed by atoms with Crippen LogP contribution in [0.1, 0.15) is 30.1 Å². The Kier molecular flexibility index (Phi) is 7.76. The lowest BCUT2D eigenvalue weighted by Gasteiger charge is -2.31. The van der Waals surface area contributed by atoms with Gasteiger partial charge in [-0.1, -0.05) is 18.2 Å². The van der Waals surface area contributed by atoms with E-state index in [1.54, 1.807) is 44.2 Å². The number of likely N-dealkylation sites (N-methyl/N-ethyl adjacent to an activating group) is 1. The molecule has 0 unspecified atom stereocenters. The molecule has 1 heterocycles. The van der Waals surface area contributed by atoms with Crippen LogP contribution in [-0.2, 0) is 4.79 Å². The number of amides is 2. The average molecular weight is 427 g/mol. The predicted molar refractivity (Wildman–Crippen MR) is 118 cm³/mol. The zero-order chi connectivity index (χ0) is 22.2. The quantitative estimate of drug-likeness (QED) is 0.648. The van der Waals surface area contributed by atoms with Gasteiger partial charge >= 0.3 is 0 Å². The van der Waals surface area contributed by atoms with Gasteiger partial charge in [-0.25, -0.2) is 0 Å². The fraction of sp³-hybridized carbons (Fsp3) is 0.417. The van der Waals surface area contributed by atoms with Gasteiger partial charge in [0.2, 0.25) is 5.91 Å². The molecule has 0 saturated carbocycles. The number of para-hydroxylation sites is 1. The number of carbonyl (C=O) groups excluding carboxylic acids is 2. The molecule has 166 valence electrons. The zero-order valence-electron chi connectivity index (χ0n) is 18.4. The molecule has 2 aromatic rings. The Labute approximate surface area is 183 Å². The highest BCUT2D eigenvalue weighted by molar-refractivity contribution is 5.94. The lowest BCUT2D eigenvalue weighted by atomic mass is 10.1. The molecule has 0 bridgehead atoms. The van der Waals surface area contributed by atoms with Gasteiger partial charge in [0.25, 0.3) is 5.91 Å². The molecular weight excluding hydrogens is 396 g/mol. The number of hydrogen-bond donors (Lipinski definition) is 0.